The summed E-state index contributed by atoms with van der Waals surface area (Å²) < 4.78 is 29.9. The van der Waals surface area contributed by atoms with Crippen molar-refractivity contribution in [3.8, 4) is 17.2 Å². The summed E-state index contributed by atoms with van der Waals surface area (Å²) in [4.78, 5) is 9.00. The van der Waals surface area contributed by atoms with Gasteiger partial charge in [0.2, 0.25) is 6.79 Å². The summed E-state index contributed by atoms with van der Waals surface area (Å²) in [6.07, 6.45) is 1.03. The topological polar surface area (TPSA) is 77.0 Å². The zero-order valence-corrected chi connectivity index (χ0v) is 15.7. The number of rotatable bonds is 4. The average molecular weight is 432 g/mol. The fourth-order valence-corrected chi connectivity index (χ4v) is 3.42. The Labute approximate surface area is 199 Å². The van der Waals surface area contributed by atoms with Crippen LogP contribution in [0.1, 0.15) is 24.8 Å². The van der Waals surface area contributed by atoms with Gasteiger partial charge in [-0.2, -0.15) is 0 Å². The van der Waals surface area contributed by atoms with Crippen LogP contribution in [-0.2, 0) is 4.79 Å². The van der Waals surface area contributed by atoms with E-state index < -0.39 is 5.97 Å². The normalized spacial score (nSPS) is 19.4. The molecule has 8 heteroatoms. The van der Waals surface area contributed by atoms with Crippen LogP contribution in [0.5, 0.6) is 17.2 Å². The summed E-state index contributed by atoms with van der Waals surface area (Å²) in [7, 11) is 0. The molecule has 2 aliphatic heterocycles. The molecule has 2 aromatic carbocycles. The second-order valence-corrected chi connectivity index (χ2v) is 6.76. The van der Waals surface area contributed by atoms with E-state index >= 15 is 0 Å². The molecular weight excluding hydrogens is 405 g/mol. The van der Waals surface area contributed by atoms with Gasteiger partial charge in [0, 0.05) is 25.5 Å². The predicted octanol–water partition coefficient (Wildman–Crippen LogP) is 2.50. The van der Waals surface area contributed by atoms with Gasteiger partial charge in [-0.15, -0.1) is 0 Å². The molecule has 0 aromatic heterocycles. The number of benzene rings is 2. The number of hydrogen-bond acceptors (Lipinski definition) is 5. The summed E-state index contributed by atoms with van der Waals surface area (Å²) in [5.74, 6) is 1.95. The molecule has 0 bridgehead atoms. The van der Waals surface area contributed by atoms with Gasteiger partial charge in [0.25, 0.3) is 5.97 Å². The van der Waals surface area contributed by atoms with Crippen LogP contribution in [0.25, 0.3) is 0 Å². The number of carboxylic acids is 1. The van der Waals surface area contributed by atoms with Crippen LogP contribution >= 0.6 is 0 Å². The van der Waals surface area contributed by atoms with E-state index in [1.165, 1.54) is 17.7 Å². The van der Waals surface area contributed by atoms with Gasteiger partial charge in [0.05, 0.1) is 6.61 Å². The first-order valence-electron chi connectivity index (χ1n) is 9.21. The Hall–Kier alpha value is -1.54. The molecule has 6 nitrogen and oxygen atoms in total. The van der Waals surface area contributed by atoms with E-state index in [4.69, 9.17) is 24.1 Å². The first-order chi connectivity index (χ1) is 13.5. The summed E-state index contributed by atoms with van der Waals surface area (Å²) in [6, 6.07) is 12.5. The number of carboxylic acid groups (broad SMARTS) is 1. The first-order valence-corrected chi connectivity index (χ1v) is 9.21. The Morgan fingerprint density at radius 3 is 2.62 bits per heavy atom. The Bertz CT molecular complexity index is 798. The second kappa shape index (κ2) is 11.6. The molecule has 0 aliphatic carbocycles. The van der Waals surface area contributed by atoms with Crippen LogP contribution < -0.4 is 19.5 Å². The molecule has 154 valence electrons. The molecule has 0 saturated carbocycles. The average Bonchev–Trinajstić information content (AvgIpc) is 3.15. The first kappa shape index (κ1) is 23.7. The molecule has 0 unspecified atom stereocenters. The number of hydrogen-bond donors (Lipinski definition) is 2. The summed E-state index contributed by atoms with van der Waals surface area (Å²) in [5, 5.41) is 10.8. The number of aliphatic carboxylic acids is 1. The van der Waals surface area contributed by atoms with Crippen molar-refractivity contribution < 1.29 is 28.5 Å². The molecule has 4 rings (SSSR count). The Morgan fingerprint density at radius 1 is 1.21 bits per heavy atom. The molecular formula is C21H26CaFNO5. The van der Waals surface area contributed by atoms with Crippen molar-refractivity contribution in [2.45, 2.75) is 19.3 Å². The molecule has 2 atom stereocenters. The van der Waals surface area contributed by atoms with Crippen LogP contribution in [0.3, 0.4) is 0 Å². The SMILES string of the molecule is CC(=O)O.Fc1ccc([C@@H]2CCNC[C@H]2COc2ccc3c(c2)OCO3)cc1.[CaH2]. The zero-order valence-electron chi connectivity index (χ0n) is 15.7. The summed E-state index contributed by atoms with van der Waals surface area (Å²) in [6.45, 7) is 3.82. The number of piperidine rings is 1. The van der Waals surface area contributed by atoms with E-state index in [1.54, 1.807) is 0 Å². The van der Waals surface area contributed by atoms with E-state index in [-0.39, 0.29) is 50.3 Å². The van der Waals surface area contributed by atoms with E-state index in [0.29, 0.717) is 18.4 Å². The van der Waals surface area contributed by atoms with Gasteiger partial charge in [-0.25, -0.2) is 4.39 Å². The Balaban J connectivity index is 0.000000552. The Morgan fingerprint density at radius 2 is 1.90 bits per heavy atom. The van der Waals surface area contributed by atoms with Gasteiger partial charge in [-0.05, 0) is 48.7 Å². The maximum atomic E-state index is 13.2. The van der Waals surface area contributed by atoms with E-state index in [1.807, 2.05) is 30.3 Å². The molecule has 0 spiro atoms. The fourth-order valence-electron chi connectivity index (χ4n) is 3.42. The number of fused-ring (bicyclic) bond motifs is 1. The quantitative estimate of drug-likeness (QED) is 0.725. The molecule has 1 saturated heterocycles. The zero-order chi connectivity index (χ0) is 19.9. The van der Waals surface area contributed by atoms with Crippen molar-refractivity contribution in [2.24, 2.45) is 5.92 Å². The van der Waals surface area contributed by atoms with Crippen molar-refractivity contribution in [1.82, 2.24) is 5.32 Å². The molecule has 2 N–H and O–H groups in total. The number of ether oxygens (including phenoxy) is 3. The number of carbonyl (C=O) groups is 1. The van der Waals surface area contributed by atoms with Crippen molar-refractivity contribution in [3.05, 3.63) is 53.8 Å². The van der Waals surface area contributed by atoms with E-state index in [9.17, 15) is 4.39 Å². The minimum absolute atomic E-state index is 0. The standard InChI is InChI=1S/C19H20FNO3.C2H4O2.Ca.2H/c20-15-3-1-13(2-4-15)17-7-8-21-10-14(17)11-22-16-5-6-18-19(9-16)24-12-23-18;1-2(3)4;;;/h1-6,9,14,17,21H,7-8,10-12H2;1H3,(H,3,4);;;/t14-,17-;;;;/m0..../s1. The number of halogens is 1. The third kappa shape index (κ3) is 7.03. The monoisotopic (exact) mass is 431 g/mol. The maximum absolute atomic E-state index is 13.2. The third-order valence-electron chi connectivity index (χ3n) is 4.71. The van der Waals surface area contributed by atoms with Crippen molar-refractivity contribution >= 4 is 43.7 Å². The Kier molecular flexibility index (Phi) is 9.49. The van der Waals surface area contributed by atoms with Crippen LogP contribution in [0.2, 0.25) is 0 Å². The molecule has 29 heavy (non-hydrogen) atoms. The summed E-state index contributed by atoms with van der Waals surface area (Å²) >= 11 is 0. The van der Waals surface area contributed by atoms with Gasteiger partial charge >= 0.3 is 37.7 Å². The van der Waals surface area contributed by atoms with Crippen molar-refractivity contribution in [3.63, 3.8) is 0 Å². The van der Waals surface area contributed by atoms with Gasteiger partial charge in [0.15, 0.2) is 11.5 Å². The molecule has 0 radical (unpaired) electrons. The molecule has 1 fully saturated rings. The molecule has 0 amide bonds. The predicted molar refractivity (Wildman–Crippen MR) is 110 cm³/mol. The van der Waals surface area contributed by atoms with Crippen molar-refractivity contribution in [1.29, 1.82) is 0 Å². The van der Waals surface area contributed by atoms with Gasteiger partial charge in [0.1, 0.15) is 11.6 Å². The van der Waals surface area contributed by atoms with Crippen molar-refractivity contribution in [2.75, 3.05) is 26.5 Å². The van der Waals surface area contributed by atoms with Crippen LogP contribution in [0.15, 0.2) is 42.5 Å². The second-order valence-electron chi connectivity index (χ2n) is 6.76. The van der Waals surface area contributed by atoms with Gasteiger partial charge in [-0.3, -0.25) is 4.79 Å². The summed E-state index contributed by atoms with van der Waals surface area (Å²) in [5.41, 5.74) is 1.18. The molecule has 2 aromatic rings. The third-order valence-corrected chi connectivity index (χ3v) is 4.71. The van der Waals surface area contributed by atoms with E-state index in [0.717, 1.165) is 43.7 Å². The van der Waals surface area contributed by atoms with Crippen LogP contribution in [-0.4, -0.2) is 75.3 Å². The van der Waals surface area contributed by atoms with Crippen LogP contribution in [0, 0.1) is 11.7 Å². The van der Waals surface area contributed by atoms with E-state index in [2.05, 4.69) is 5.32 Å². The molecule has 2 aliphatic rings. The van der Waals surface area contributed by atoms with Gasteiger partial charge < -0.3 is 24.6 Å². The fraction of sp³-hybridized carbons (Fsp3) is 0.381. The minimum atomic E-state index is -0.833. The van der Waals surface area contributed by atoms with Gasteiger partial charge in [-0.1, -0.05) is 12.1 Å². The number of nitrogens with one attached hydrogen (secondary N) is 1. The van der Waals surface area contributed by atoms with Crippen LogP contribution in [0.4, 0.5) is 4.39 Å². The molecule has 2 heterocycles.